The maximum Gasteiger partial charge on any atom is 0.166 e. The molecule has 29 heavy (non-hydrogen) atoms. The van der Waals surface area contributed by atoms with Crippen LogP contribution in [-0.2, 0) is 11.4 Å². The third-order valence-corrected chi connectivity index (χ3v) is 6.38. The molecule has 1 N–H and O–H groups in total. The van der Waals surface area contributed by atoms with E-state index in [0.29, 0.717) is 11.5 Å². The number of halogens is 1. The summed E-state index contributed by atoms with van der Waals surface area (Å²) in [5.74, 6) is 0.682. The molecule has 6 heteroatoms. The Bertz CT molecular complexity index is 1080. The van der Waals surface area contributed by atoms with E-state index in [0.717, 1.165) is 21.3 Å². The van der Waals surface area contributed by atoms with E-state index in [9.17, 15) is 4.79 Å². The number of thiol groups is 1. The number of ketones is 1. The van der Waals surface area contributed by atoms with E-state index < -0.39 is 0 Å². The van der Waals surface area contributed by atoms with Gasteiger partial charge in [-0.2, -0.15) is 12.6 Å². The topological polar surface area (TPSA) is 50.2 Å². The third kappa shape index (κ3) is 5.75. The maximum atomic E-state index is 11.9. The van der Waals surface area contributed by atoms with E-state index in [4.69, 9.17) is 10.1 Å². The second-order valence-corrected chi connectivity index (χ2v) is 9.30. The first-order valence-corrected chi connectivity index (χ1v) is 11.1. The van der Waals surface area contributed by atoms with Gasteiger partial charge in [-0.25, -0.2) is 0 Å². The number of ether oxygens (including phenoxy) is 1. The Morgan fingerprint density at radius 1 is 1.21 bits per heavy atom. The maximum absolute atomic E-state index is 11.9. The molecule has 0 aromatic heterocycles. The Morgan fingerprint density at radius 3 is 2.69 bits per heavy atom. The van der Waals surface area contributed by atoms with Crippen molar-refractivity contribution in [2.45, 2.75) is 18.1 Å². The highest BCUT2D eigenvalue weighted by atomic mass is 79.9. The van der Waals surface area contributed by atoms with E-state index >= 15 is 0 Å². The van der Waals surface area contributed by atoms with E-state index in [1.165, 1.54) is 35.7 Å². The van der Waals surface area contributed by atoms with E-state index in [-0.39, 0.29) is 10.4 Å². The van der Waals surface area contributed by atoms with Crippen LogP contribution in [0.3, 0.4) is 0 Å². The van der Waals surface area contributed by atoms with E-state index in [1.807, 2.05) is 36.4 Å². The van der Waals surface area contributed by atoms with Crippen molar-refractivity contribution in [2.75, 3.05) is 0 Å². The van der Waals surface area contributed by atoms with Gasteiger partial charge in [0.2, 0.25) is 0 Å². The van der Waals surface area contributed by atoms with Gasteiger partial charge in [-0.3, -0.25) is 4.79 Å². The van der Waals surface area contributed by atoms with Crippen molar-refractivity contribution < 1.29 is 9.53 Å². The Hall–Kier alpha value is -2.02. The number of nitrogens with one attached hydrogen (secondary N) is 1. The van der Waals surface area contributed by atoms with Crippen molar-refractivity contribution in [1.29, 1.82) is 5.41 Å². The Labute approximate surface area is 188 Å². The molecule has 0 amide bonds. The van der Waals surface area contributed by atoms with Gasteiger partial charge in [-0.05, 0) is 63.0 Å². The molecule has 3 rings (SSSR count). The van der Waals surface area contributed by atoms with Crippen molar-refractivity contribution in [3.05, 3.63) is 81.2 Å². The summed E-state index contributed by atoms with van der Waals surface area (Å²) < 4.78 is 6.50. The molecule has 3 nitrogen and oxygen atoms in total. The van der Waals surface area contributed by atoms with Crippen molar-refractivity contribution in [3.8, 4) is 5.75 Å². The van der Waals surface area contributed by atoms with Crippen molar-refractivity contribution in [1.82, 2.24) is 0 Å². The van der Waals surface area contributed by atoms with Crippen LogP contribution in [-0.4, -0.2) is 16.6 Å². The van der Waals surface area contributed by atoms with Gasteiger partial charge in [0.1, 0.15) is 12.4 Å². The van der Waals surface area contributed by atoms with Gasteiger partial charge < -0.3 is 10.1 Å². The Balaban J connectivity index is 1.78. The summed E-state index contributed by atoms with van der Waals surface area (Å²) >= 11 is 9.07. The highest BCUT2D eigenvalue weighted by Gasteiger charge is 2.11. The van der Waals surface area contributed by atoms with Crippen LogP contribution in [0.1, 0.15) is 18.1 Å². The fourth-order valence-electron chi connectivity index (χ4n) is 2.83. The molecule has 0 saturated carbocycles. The van der Waals surface area contributed by atoms with Crippen molar-refractivity contribution in [2.24, 2.45) is 0 Å². The van der Waals surface area contributed by atoms with Crippen LogP contribution in [0.4, 0.5) is 0 Å². The number of carbonyl (C=O) groups is 1. The number of allylic oxidation sites excluding steroid dienone is 1. The molecule has 0 aliphatic rings. The molecule has 0 fully saturated rings. The number of Topliss-reactive ketones (excluding diaryl/α,β-unsaturated/α-hetero) is 1. The van der Waals surface area contributed by atoms with Gasteiger partial charge in [0.25, 0.3) is 0 Å². The summed E-state index contributed by atoms with van der Waals surface area (Å²) in [6.45, 7) is 1.98. The molecular weight excluding hydrogens is 466 g/mol. The lowest BCUT2D eigenvalue weighted by atomic mass is 10.1. The Kier molecular flexibility index (Phi) is 7.58. The molecule has 0 heterocycles. The van der Waals surface area contributed by atoms with Crippen molar-refractivity contribution in [3.63, 3.8) is 0 Å². The zero-order chi connectivity index (χ0) is 20.8. The molecule has 3 aromatic carbocycles. The number of hydrogen-bond acceptors (Lipinski definition) is 5. The zero-order valence-electron chi connectivity index (χ0n) is 15.8. The first-order chi connectivity index (χ1) is 14.0. The van der Waals surface area contributed by atoms with Gasteiger partial charge in [-0.1, -0.05) is 48.5 Å². The molecule has 3 aromatic rings. The molecule has 1 unspecified atom stereocenters. The molecule has 1 atom stereocenters. The summed E-state index contributed by atoms with van der Waals surface area (Å²) in [6, 6.07) is 20.2. The SMILES string of the molecule is CC(=O)/C(=C\c1ccc(OCc2cccc3ccccc23)c(Br)c1)SC(S)C=N. The quantitative estimate of drug-likeness (QED) is 0.160. The number of rotatable bonds is 8. The molecular formula is C23H20BrNO2S2. The van der Waals surface area contributed by atoms with Crippen LogP contribution in [0.15, 0.2) is 70.0 Å². The zero-order valence-corrected chi connectivity index (χ0v) is 19.1. The summed E-state index contributed by atoms with van der Waals surface area (Å²) in [5.41, 5.74) is 2.00. The third-order valence-electron chi connectivity index (χ3n) is 4.25. The first-order valence-electron chi connectivity index (χ1n) is 8.95. The number of carbonyl (C=O) groups excluding carboxylic acids is 1. The van der Waals surface area contributed by atoms with Gasteiger partial charge in [-0.15, -0.1) is 11.8 Å². The monoisotopic (exact) mass is 485 g/mol. The highest BCUT2D eigenvalue weighted by molar-refractivity contribution is 9.10. The highest BCUT2D eigenvalue weighted by Crippen LogP contribution is 2.31. The number of fused-ring (bicyclic) bond motifs is 1. The van der Waals surface area contributed by atoms with Crippen LogP contribution in [0.5, 0.6) is 5.75 Å². The lowest BCUT2D eigenvalue weighted by Crippen LogP contribution is -2.00. The molecule has 0 saturated heterocycles. The summed E-state index contributed by atoms with van der Waals surface area (Å²) in [5, 5.41) is 9.64. The van der Waals surface area contributed by atoms with Crippen LogP contribution >= 0.6 is 40.3 Å². The standard InChI is InChI=1S/C23H20BrNO2S2/c1-15(26)22(29-23(28)13-25)12-16-9-10-21(20(24)11-16)27-14-18-7-4-6-17-5-2-3-8-19(17)18/h2-13,23,25,28H,14H2,1H3/b22-12+,25-13?. The van der Waals surface area contributed by atoms with Crippen LogP contribution < -0.4 is 4.74 Å². The molecule has 0 bridgehead atoms. The molecule has 0 spiro atoms. The fraction of sp³-hybridized carbons (Fsp3) is 0.130. The number of hydrogen-bond donors (Lipinski definition) is 2. The summed E-state index contributed by atoms with van der Waals surface area (Å²) in [4.78, 5) is 12.4. The summed E-state index contributed by atoms with van der Waals surface area (Å²) in [7, 11) is 0. The average Bonchev–Trinajstić information content (AvgIpc) is 2.72. The smallest absolute Gasteiger partial charge is 0.166 e. The fourth-order valence-corrected chi connectivity index (χ4v) is 4.38. The van der Waals surface area contributed by atoms with Crippen LogP contribution in [0.25, 0.3) is 16.8 Å². The van der Waals surface area contributed by atoms with Gasteiger partial charge in [0.05, 0.1) is 14.0 Å². The van der Waals surface area contributed by atoms with Gasteiger partial charge >= 0.3 is 0 Å². The van der Waals surface area contributed by atoms with E-state index in [1.54, 1.807) is 6.08 Å². The lowest BCUT2D eigenvalue weighted by molar-refractivity contribution is -0.112. The predicted octanol–water partition coefficient (Wildman–Crippen LogP) is 6.75. The predicted molar refractivity (Wildman–Crippen MR) is 130 cm³/mol. The molecule has 148 valence electrons. The Morgan fingerprint density at radius 2 is 1.97 bits per heavy atom. The normalized spacial score (nSPS) is 12.6. The number of benzene rings is 3. The first kappa shape index (κ1) is 21.7. The number of thioether (sulfide) groups is 1. The molecule has 0 aliphatic carbocycles. The average molecular weight is 486 g/mol. The van der Waals surface area contributed by atoms with Crippen LogP contribution in [0.2, 0.25) is 0 Å². The minimum Gasteiger partial charge on any atom is -0.488 e. The van der Waals surface area contributed by atoms with Gasteiger partial charge in [0, 0.05) is 6.21 Å². The van der Waals surface area contributed by atoms with Crippen molar-refractivity contribution >= 4 is 69.2 Å². The molecule has 0 aliphatic heterocycles. The molecule has 0 radical (unpaired) electrons. The van der Waals surface area contributed by atoms with Crippen LogP contribution in [0, 0.1) is 5.41 Å². The van der Waals surface area contributed by atoms with E-state index in [2.05, 4.69) is 52.8 Å². The largest absolute Gasteiger partial charge is 0.488 e. The summed E-state index contributed by atoms with van der Waals surface area (Å²) in [6.07, 6.45) is 3.00. The second-order valence-electron chi connectivity index (χ2n) is 6.36. The minimum atomic E-state index is -0.350. The lowest BCUT2D eigenvalue weighted by Gasteiger charge is -2.11. The second kappa shape index (κ2) is 10.1. The van der Waals surface area contributed by atoms with Gasteiger partial charge in [0.15, 0.2) is 5.78 Å². The minimum absolute atomic E-state index is 0.0525.